The standard InChI is InChI=1S/C25H26N2O3/c1-15-20(22-16(2)29-23(28)25(22)14-24(15,3)30-25)11-10-19-9-8-18(13-27-19)21-7-5-4-6-17(21)12-26/h4-13,15-16,20,22,26H,14H2,1-3H3/b11-10+,26-12?/t15?,16-,20+,22+,24?,25+/m1/s1. The highest BCUT2D eigenvalue weighted by Crippen LogP contribution is 2.64. The summed E-state index contributed by atoms with van der Waals surface area (Å²) in [6.07, 6.45) is 8.05. The van der Waals surface area contributed by atoms with Crippen LogP contribution in [0.3, 0.4) is 0 Å². The highest BCUT2D eigenvalue weighted by molar-refractivity contribution is 5.88. The van der Waals surface area contributed by atoms with E-state index in [2.05, 4.69) is 24.9 Å². The first-order valence-corrected chi connectivity index (χ1v) is 10.5. The van der Waals surface area contributed by atoms with Gasteiger partial charge in [0.1, 0.15) is 6.10 Å². The lowest BCUT2D eigenvalue weighted by Gasteiger charge is -2.63. The zero-order chi connectivity index (χ0) is 21.1. The van der Waals surface area contributed by atoms with Crippen LogP contribution in [0, 0.1) is 23.2 Å². The highest BCUT2D eigenvalue weighted by atomic mass is 16.6. The van der Waals surface area contributed by atoms with E-state index >= 15 is 0 Å². The molecular formula is C25H26N2O3. The molecule has 4 heterocycles. The number of esters is 1. The molecule has 2 aromatic rings. The summed E-state index contributed by atoms with van der Waals surface area (Å²) in [5.41, 5.74) is 2.69. The van der Waals surface area contributed by atoms with Gasteiger partial charge in [0.2, 0.25) is 0 Å². The zero-order valence-electron chi connectivity index (χ0n) is 17.5. The summed E-state index contributed by atoms with van der Waals surface area (Å²) >= 11 is 0. The molecule has 0 amide bonds. The average Bonchev–Trinajstić information content (AvgIpc) is 2.99. The molecular weight excluding hydrogens is 376 g/mol. The molecule has 1 saturated carbocycles. The monoisotopic (exact) mass is 402 g/mol. The maximum atomic E-state index is 12.5. The number of hydrogen-bond donors (Lipinski definition) is 1. The van der Waals surface area contributed by atoms with Crippen molar-refractivity contribution in [3.05, 3.63) is 59.9 Å². The minimum Gasteiger partial charge on any atom is -0.460 e. The Hall–Kier alpha value is -2.79. The van der Waals surface area contributed by atoms with Gasteiger partial charge in [-0.3, -0.25) is 4.98 Å². The van der Waals surface area contributed by atoms with Crippen LogP contribution in [0.2, 0.25) is 0 Å². The largest absolute Gasteiger partial charge is 0.460 e. The molecule has 3 aliphatic heterocycles. The molecule has 3 saturated heterocycles. The van der Waals surface area contributed by atoms with Gasteiger partial charge in [0, 0.05) is 30.3 Å². The molecule has 1 aromatic carbocycles. The molecule has 4 fully saturated rings. The lowest BCUT2D eigenvalue weighted by molar-refractivity contribution is -0.326. The fourth-order valence-electron chi connectivity index (χ4n) is 5.73. The predicted molar refractivity (Wildman–Crippen MR) is 115 cm³/mol. The Balaban J connectivity index is 1.41. The van der Waals surface area contributed by atoms with Gasteiger partial charge in [-0.2, -0.15) is 0 Å². The third-order valence-corrected chi connectivity index (χ3v) is 7.37. The Morgan fingerprint density at radius 1 is 1.20 bits per heavy atom. The second kappa shape index (κ2) is 6.61. The van der Waals surface area contributed by atoms with Crippen LogP contribution in [-0.2, 0) is 14.3 Å². The van der Waals surface area contributed by atoms with E-state index in [0.717, 1.165) is 28.8 Å². The number of fused-ring (bicyclic) bond motifs is 1. The van der Waals surface area contributed by atoms with E-state index in [1.54, 1.807) is 0 Å². The van der Waals surface area contributed by atoms with Gasteiger partial charge in [-0.1, -0.05) is 43.3 Å². The van der Waals surface area contributed by atoms with Gasteiger partial charge < -0.3 is 14.9 Å². The van der Waals surface area contributed by atoms with Gasteiger partial charge in [-0.05, 0) is 49.0 Å². The summed E-state index contributed by atoms with van der Waals surface area (Å²) in [4.78, 5) is 17.1. The number of nitrogens with zero attached hydrogens (tertiary/aromatic N) is 1. The van der Waals surface area contributed by atoms with Crippen molar-refractivity contribution in [2.24, 2.45) is 17.8 Å². The molecule has 6 atom stereocenters. The number of hydrogen-bond acceptors (Lipinski definition) is 5. The van der Waals surface area contributed by atoms with Crippen molar-refractivity contribution in [3.8, 4) is 11.1 Å². The van der Waals surface area contributed by atoms with Crippen molar-refractivity contribution < 1.29 is 14.3 Å². The van der Waals surface area contributed by atoms with Crippen LogP contribution in [-0.4, -0.2) is 34.5 Å². The molecule has 1 spiro atoms. The maximum Gasteiger partial charge on any atom is 0.339 e. The minimum atomic E-state index is -0.760. The molecule has 1 aliphatic carbocycles. The highest BCUT2D eigenvalue weighted by Gasteiger charge is 2.75. The van der Waals surface area contributed by atoms with Gasteiger partial charge >= 0.3 is 5.97 Å². The smallest absolute Gasteiger partial charge is 0.339 e. The van der Waals surface area contributed by atoms with E-state index in [-0.39, 0.29) is 35.4 Å². The second-order valence-corrected chi connectivity index (χ2v) is 9.05. The third kappa shape index (κ3) is 2.61. The van der Waals surface area contributed by atoms with E-state index < -0.39 is 5.60 Å². The van der Waals surface area contributed by atoms with Crippen LogP contribution in [0.15, 0.2) is 48.7 Å². The first-order chi connectivity index (χ1) is 14.4. The molecule has 1 N–H and O–H groups in total. The summed E-state index contributed by atoms with van der Waals surface area (Å²) in [5, 5.41) is 7.60. The van der Waals surface area contributed by atoms with Gasteiger partial charge in [0.15, 0.2) is 5.60 Å². The molecule has 30 heavy (non-hydrogen) atoms. The number of allylic oxidation sites excluding steroid dienone is 1. The van der Waals surface area contributed by atoms with Crippen LogP contribution < -0.4 is 0 Å². The Morgan fingerprint density at radius 3 is 2.67 bits per heavy atom. The Bertz CT molecular complexity index is 1040. The first kappa shape index (κ1) is 19.2. The molecule has 1 aromatic heterocycles. The number of aromatic nitrogens is 1. The van der Waals surface area contributed by atoms with Crippen molar-refractivity contribution in [3.63, 3.8) is 0 Å². The van der Waals surface area contributed by atoms with E-state index in [9.17, 15) is 4.79 Å². The normalized spacial score (nSPS) is 36.8. The summed E-state index contributed by atoms with van der Waals surface area (Å²) < 4.78 is 11.8. The molecule has 2 unspecified atom stereocenters. The lowest BCUT2D eigenvalue weighted by Crippen LogP contribution is -2.73. The van der Waals surface area contributed by atoms with Gasteiger partial charge in [-0.25, -0.2) is 4.79 Å². The van der Waals surface area contributed by atoms with Gasteiger partial charge in [0.25, 0.3) is 0 Å². The number of ether oxygens (including phenoxy) is 2. The Morgan fingerprint density at radius 2 is 1.97 bits per heavy atom. The summed E-state index contributed by atoms with van der Waals surface area (Å²) in [7, 11) is 0. The molecule has 4 aliphatic rings. The van der Waals surface area contributed by atoms with E-state index in [1.807, 2.05) is 55.6 Å². The molecule has 154 valence electrons. The van der Waals surface area contributed by atoms with Crippen molar-refractivity contribution >= 4 is 18.3 Å². The lowest BCUT2D eigenvalue weighted by atomic mass is 9.53. The van der Waals surface area contributed by atoms with E-state index in [4.69, 9.17) is 14.9 Å². The van der Waals surface area contributed by atoms with Crippen molar-refractivity contribution in [2.75, 3.05) is 0 Å². The molecule has 5 nitrogen and oxygen atoms in total. The zero-order valence-corrected chi connectivity index (χ0v) is 17.5. The number of nitrogens with one attached hydrogen (secondary N) is 1. The van der Waals surface area contributed by atoms with Crippen molar-refractivity contribution in [1.29, 1.82) is 5.41 Å². The number of carbonyl (C=O) groups is 1. The van der Waals surface area contributed by atoms with Gasteiger partial charge in [0.05, 0.1) is 11.3 Å². The Labute approximate surface area is 176 Å². The summed E-state index contributed by atoms with van der Waals surface area (Å²) in [5.74, 6) is 0.322. The van der Waals surface area contributed by atoms with Crippen LogP contribution in [0.25, 0.3) is 17.2 Å². The predicted octanol–water partition coefficient (Wildman–Crippen LogP) is 4.50. The summed E-state index contributed by atoms with van der Waals surface area (Å²) in [6.45, 7) is 6.28. The Kier molecular flexibility index (Phi) is 4.23. The molecule has 6 rings (SSSR count). The van der Waals surface area contributed by atoms with Crippen LogP contribution in [0.4, 0.5) is 0 Å². The molecule has 2 bridgehead atoms. The first-order valence-electron chi connectivity index (χ1n) is 10.5. The summed E-state index contributed by atoms with van der Waals surface area (Å²) in [6, 6.07) is 11.9. The number of cyclic esters (lactones) is 1. The van der Waals surface area contributed by atoms with E-state index in [1.165, 1.54) is 6.21 Å². The van der Waals surface area contributed by atoms with Crippen molar-refractivity contribution in [2.45, 2.75) is 44.5 Å². The third-order valence-electron chi connectivity index (χ3n) is 7.37. The fraction of sp³-hybridized carbons (Fsp3) is 0.400. The quantitative estimate of drug-likeness (QED) is 0.603. The van der Waals surface area contributed by atoms with Crippen LogP contribution >= 0.6 is 0 Å². The van der Waals surface area contributed by atoms with E-state index in [0.29, 0.717) is 0 Å². The maximum absolute atomic E-state index is 12.5. The minimum absolute atomic E-state index is 0.0387. The number of benzene rings is 1. The number of carbonyl (C=O) groups excluding carboxylic acids is 1. The molecule has 5 heteroatoms. The van der Waals surface area contributed by atoms with Gasteiger partial charge in [-0.15, -0.1) is 0 Å². The topological polar surface area (TPSA) is 72.3 Å². The fourth-order valence-corrected chi connectivity index (χ4v) is 5.73. The molecule has 0 radical (unpaired) electrons. The SMILES string of the molecule is CC1[C@H](/C=C/c2ccc(-c3ccccc3C=N)cn2)[C@@H]2[C@@H](C)OC(=O)[C@]23CC1(C)O3. The van der Waals surface area contributed by atoms with Crippen molar-refractivity contribution in [1.82, 2.24) is 4.98 Å². The van der Waals surface area contributed by atoms with Crippen LogP contribution in [0.1, 0.15) is 38.4 Å². The van der Waals surface area contributed by atoms with Crippen LogP contribution in [0.5, 0.6) is 0 Å². The second-order valence-electron chi connectivity index (χ2n) is 9.05. The number of pyridine rings is 1. The average molecular weight is 402 g/mol. The number of rotatable bonds is 4.